The number of aryl methyl sites for hydroxylation is 1. The fourth-order valence-corrected chi connectivity index (χ4v) is 2.73. The molecule has 2 aliphatic rings. The van der Waals surface area contributed by atoms with Crippen LogP contribution in [0.1, 0.15) is 16.7 Å². The summed E-state index contributed by atoms with van der Waals surface area (Å²) >= 11 is 0. The van der Waals surface area contributed by atoms with Gasteiger partial charge in [0.05, 0.1) is 0 Å². The summed E-state index contributed by atoms with van der Waals surface area (Å²) in [7, 11) is 0. The standard InChI is InChI=1S/C20H15NO3/c1-13-6-2-4-8-16(13)19-21-17(20(22)24-19)11-14-10-15-7-3-5-9-18(15)23-12-14/h2-11H,12H2,1H3. The highest BCUT2D eigenvalue weighted by atomic mass is 16.6. The number of hydrogen-bond acceptors (Lipinski definition) is 4. The first-order valence-corrected chi connectivity index (χ1v) is 7.72. The fraction of sp³-hybridized carbons (Fsp3) is 0.100. The number of carbonyl (C=O) groups is 1. The lowest BCUT2D eigenvalue weighted by Crippen LogP contribution is -2.08. The third kappa shape index (κ3) is 2.63. The van der Waals surface area contributed by atoms with Crippen LogP contribution in [-0.4, -0.2) is 18.5 Å². The van der Waals surface area contributed by atoms with Crippen LogP contribution in [0, 0.1) is 6.92 Å². The molecule has 0 bridgehead atoms. The van der Waals surface area contributed by atoms with Crippen molar-refractivity contribution in [2.45, 2.75) is 6.92 Å². The minimum atomic E-state index is -0.437. The van der Waals surface area contributed by atoms with Crippen LogP contribution in [0.25, 0.3) is 6.08 Å². The molecule has 0 unspecified atom stereocenters. The topological polar surface area (TPSA) is 47.9 Å². The molecular weight excluding hydrogens is 302 g/mol. The van der Waals surface area contributed by atoms with E-state index >= 15 is 0 Å². The van der Waals surface area contributed by atoms with Crippen LogP contribution in [0.2, 0.25) is 0 Å². The molecule has 4 nitrogen and oxygen atoms in total. The molecule has 2 aromatic rings. The van der Waals surface area contributed by atoms with Gasteiger partial charge in [-0.05, 0) is 42.3 Å². The molecule has 0 atom stereocenters. The van der Waals surface area contributed by atoms with Gasteiger partial charge in [0.2, 0.25) is 5.90 Å². The molecule has 2 aliphatic heterocycles. The maximum atomic E-state index is 12.1. The second-order valence-electron chi connectivity index (χ2n) is 5.70. The number of carbonyl (C=O) groups excluding carboxylic acids is 1. The molecule has 4 heteroatoms. The zero-order valence-corrected chi connectivity index (χ0v) is 13.2. The van der Waals surface area contributed by atoms with Gasteiger partial charge < -0.3 is 9.47 Å². The molecule has 0 aliphatic carbocycles. The Balaban J connectivity index is 1.67. The first-order valence-electron chi connectivity index (χ1n) is 7.72. The maximum absolute atomic E-state index is 12.1. The number of esters is 1. The lowest BCUT2D eigenvalue weighted by molar-refractivity contribution is -0.130. The number of para-hydroxylation sites is 1. The number of benzene rings is 2. The van der Waals surface area contributed by atoms with E-state index in [9.17, 15) is 4.79 Å². The molecule has 0 saturated heterocycles. The van der Waals surface area contributed by atoms with Gasteiger partial charge >= 0.3 is 5.97 Å². The largest absolute Gasteiger partial charge is 0.488 e. The van der Waals surface area contributed by atoms with Crippen molar-refractivity contribution in [3.05, 3.63) is 82.6 Å². The van der Waals surface area contributed by atoms with E-state index in [1.165, 1.54) is 0 Å². The van der Waals surface area contributed by atoms with E-state index < -0.39 is 5.97 Å². The van der Waals surface area contributed by atoms with Crippen molar-refractivity contribution in [3.63, 3.8) is 0 Å². The number of ether oxygens (including phenoxy) is 2. The number of aliphatic imine (C=N–C) groups is 1. The lowest BCUT2D eigenvalue weighted by Gasteiger charge is -2.15. The highest BCUT2D eigenvalue weighted by Crippen LogP contribution is 2.27. The van der Waals surface area contributed by atoms with Gasteiger partial charge in [0.15, 0.2) is 5.70 Å². The Morgan fingerprint density at radius 2 is 1.88 bits per heavy atom. The van der Waals surface area contributed by atoms with Gasteiger partial charge in [-0.3, -0.25) is 0 Å². The van der Waals surface area contributed by atoms with Crippen LogP contribution in [0.5, 0.6) is 5.75 Å². The summed E-state index contributed by atoms with van der Waals surface area (Å²) in [6.45, 7) is 2.37. The average Bonchev–Trinajstić information content (AvgIpc) is 2.96. The Hall–Kier alpha value is -3.14. The Morgan fingerprint density at radius 1 is 1.08 bits per heavy atom. The molecule has 2 aromatic carbocycles. The lowest BCUT2D eigenvalue weighted by atomic mass is 10.1. The zero-order valence-electron chi connectivity index (χ0n) is 13.2. The molecule has 24 heavy (non-hydrogen) atoms. The van der Waals surface area contributed by atoms with Crippen molar-refractivity contribution < 1.29 is 14.3 Å². The highest BCUT2D eigenvalue weighted by Gasteiger charge is 2.25. The number of fused-ring (bicyclic) bond motifs is 1. The molecule has 0 radical (unpaired) electrons. The summed E-state index contributed by atoms with van der Waals surface area (Å²) in [5.41, 5.74) is 4.01. The summed E-state index contributed by atoms with van der Waals surface area (Å²) in [4.78, 5) is 16.5. The van der Waals surface area contributed by atoms with Crippen LogP contribution in [0.15, 0.2) is 70.9 Å². The van der Waals surface area contributed by atoms with E-state index in [-0.39, 0.29) is 0 Å². The van der Waals surface area contributed by atoms with E-state index in [2.05, 4.69) is 4.99 Å². The molecule has 4 rings (SSSR count). The predicted molar refractivity (Wildman–Crippen MR) is 91.8 cm³/mol. The molecule has 118 valence electrons. The van der Waals surface area contributed by atoms with Gasteiger partial charge in [0, 0.05) is 11.1 Å². The van der Waals surface area contributed by atoms with Crippen LogP contribution in [0.3, 0.4) is 0 Å². The van der Waals surface area contributed by atoms with Crippen molar-refractivity contribution >= 4 is 17.9 Å². The van der Waals surface area contributed by atoms with Crippen LogP contribution in [-0.2, 0) is 9.53 Å². The third-order valence-electron chi connectivity index (χ3n) is 3.97. The van der Waals surface area contributed by atoms with Gasteiger partial charge in [-0.2, -0.15) is 0 Å². The van der Waals surface area contributed by atoms with Gasteiger partial charge in [-0.25, -0.2) is 9.79 Å². The quantitative estimate of drug-likeness (QED) is 0.627. The molecule has 0 fully saturated rings. The first kappa shape index (κ1) is 14.5. The fourth-order valence-electron chi connectivity index (χ4n) is 2.73. The smallest absolute Gasteiger partial charge is 0.363 e. The van der Waals surface area contributed by atoms with E-state index in [0.29, 0.717) is 18.2 Å². The van der Waals surface area contributed by atoms with Crippen LogP contribution >= 0.6 is 0 Å². The van der Waals surface area contributed by atoms with Crippen LogP contribution < -0.4 is 4.74 Å². The number of hydrogen-bond donors (Lipinski definition) is 0. The summed E-state index contributed by atoms with van der Waals surface area (Å²) < 4.78 is 11.0. The average molecular weight is 317 g/mol. The Kier molecular flexibility index (Phi) is 3.50. The second kappa shape index (κ2) is 5.81. The first-order chi connectivity index (χ1) is 11.7. The van der Waals surface area contributed by atoms with Gasteiger partial charge in [0.1, 0.15) is 12.4 Å². The number of nitrogens with zero attached hydrogens (tertiary/aromatic N) is 1. The maximum Gasteiger partial charge on any atom is 0.363 e. The minimum Gasteiger partial charge on any atom is -0.488 e. The summed E-state index contributed by atoms with van der Waals surface area (Å²) in [5, 5.41) is 0. The minimum absolute atomic E-state index is 0.294. The highest BCUT2D eigenvalue weighted by molar-refractivity contribution is 6.11. The normalized spacial score (nSPS) is 17.7. The molecular formula is C20H15NO3. The zero-order chi connectivity index (χ0) is 16.5. The number of rotatable bonds is 2. The Bertz CT molecular complexity index is 922. The van der Waals surface area contributed by atoms with Gasteiger partial charge in [0.25, 0.3) is 0 Å². The van der Waals surface area contributed by atoms with E-state index in [1.54, 1.807) is 6.08 Å². The number of cyclic esters (lactones) is 1. The Morgan fingerprint density at radius 3 is 2.75 bits per heavy atom. The third-order valence-corrected chi connectivity index (χ3v) is 3.97. The molecule has 0 saturated carbocycles. The van der Waals surface area contributed by atoms with Crippen molar-refractivity contribution in [1.29, 1.82) is 0 Å². The van der Waals surface area contributed by atoms with Gasteiger partial charge in [-0.1, -0.05) is 36.4 Å². The van der Waals surface area contributed by atoms with Crippen molar-refractivity contribution in [2.75, 3.05) is 6.61 Å². The van der Waals surface area contributed by atoms with Gasteiger partial charge in [-0.15, -0.1) is 0 Å². The van der Waals surface area contributed by atoms with Crippen molar-refractivity contribution in [1.82, 2.24) is 0 Å². The van der Waals surface area contributed by atoms with E-state index in [4.69, 9.17) is 9.47 Å². The second-order valence-corrected chi connectivity index (χ2v) is 5.70. The molecule has 0 N–H and O–H groups in total. The Labute approximate surface area is 139 Å². The molecule has 0 aromatic heterocycles. The molecule has 2 heterocycles. The summed E-state index contributed by atoms with van der Waals surface area (Å²) in [6.07, 6.45) is 3.73. The SMILES string of the molecule is Cc1ccccc1C1=NC(=CC2=Cc3ccccc3OC2)C(=O)O1. The molecule has 0 spiro atoms. The van der Waals surface area contributed by atoms with Crippen molar-refractivity contribution in [2.24, 2.45) is 4.99 Å². The summed E-state index contributed by atoms with van der Waals surface area (Å²) in [6, 6.07) is 15.5. The van der Waals surface area contributed by atoms with Crippen LogP contribution in [0.4, 0.5) is 0 Å². The summed E-state index contributed by atoms with van der Waals surface area (Å²) in [5.74, 6) is 0.757. The van der Waals surface area contributed by atoms with E-state index in [0.717, 1.165) is 28.0 Å². The molecule has 0 amide bonds. The monoisotopic (exact) mass is 317 g/mol. The predicted octanol–water partition coefficient (Wildman–Crippen LogP) is 3.66. The van der Waals surface area contributed by atoms with Crippen molar-refractivity contribution in [3.8, 4) is 5.75 Å². The van der Waals surface area contributed by atoms with E-state index in [1.807, 2.05) is 61.5 Å².